The molecule has 102 valence electrons. The minimum absolute atomic E-state index is 0.00941. The van der Waals surface area contributed by atoms with E-state index in [1.807, 2.05) is 0 Å². The lowest BCUT2D eigenvalue weighted by Gasteiger charge is -2.34. The smallest absolute Gasteiger partial charge is 0.273 e. The highest BCUT2D eigenvalue weighted by Crippen LogP contribution is 2.19. The number of carbonyl (C=O) groups excluding carboxylic acids is 1. The van der Waals surface area contributed by atoms with E-state index < -0.39 is 11.9 Å². The van der Waals surface area contributed by atoms with Crippen LogP contribution in [0.5, 0.6) is 0 Å². The Balaban J connectivity index is 2.22. The molecular formula is C12H15FN4O2. The molecular weight excluding hydrogens is 251 g/mol. The zero-order valence-electron chi connectivity index (χ0n) is 10.3. The molecule has 0 aromatic carbocycles. The standard InChI is InChI=1S/C12H15FN4O2/c13-8-4-5-9(15-7-8)12(18)17-6-2-1-3-10(17)11(14)16-19/h4-5,7,10,19H,1-3,6H2,(H2,14,16). The van der Waals surface area contributed by atoms with Crippen LogP contribution >= 0.6 is 0 Å². The van der Waals surface area contributed by atoms with Crippen LogP contribution in [0, 0.1) is 5.82 Å². The average molecular weight is 266 g/mol. The second-order valence-corrected chi connectivity index (χ2v) is 4.40. The van der Waals surface area contributed by atoms with Crippen molar-refractivity contribution in [3.63, 3.8) is 0 Å². The lowest BCUT2D eigenvalue weighted by molar-refractivity contribution is 0.0670. The monoisotopic (exact) mass is 266 g/mol. The number of halogens is 1. The predicted octanol–water partition coefficient (Wildman–Crippen LogP) is 0.962. The van der Waals surface area contributed by atoms with E-state index in [0.717, 1.165) is 19.0 Å². The number of hydrogen-bond donors (Lipinski definition) is 2. The van der Waals surface area contributed by atoms with E-state index in [-0.39, 0.29) is 17.4 Å². The number of rotatable bonds is 2. The minimum atomic E-state index is -0.497. The number of piperidine rings is 1. The van der Waals surface area contributed by atoms with E-state index in [9.17, 15) is 9.18 Å². The van der Waals surface area contributed by atoms with Crippen LogP contribution in [-0.4, -0.2) is 39.4 Å². The summed E-state index contributed by atoms with van der Waals surface area (Å²) in [5.41, 5.74) is 5.76. The summed E-state index contributed by atoms with van der Waals surface area (Å²) >= 11 is 0. The molecule has 6 nitrogen and oxygen atoms in total. The first kappa shape index (κ1) is 13.3. The predicted molar refractivity (Wildman–Crippen MR) is 66.3 cm³/mol. The van der Waals surface area contributed by atoms with Gasteiger partial charge in [-0.2, -0.15) is 0 Å². The van der Waals surface area contributed by atoms with Gasteiger partial charge in [0.1, 0.15) is 11.5 Å². The molecule has 3 N–H and O–H groups in total. The summed E-state index contributed by atoms with van der Waals surface area (Å²) in [5, 5.41) is 11.7. The number of oxime groups is 1. The molecule has 1 amide bonds. The molecule has 1 fully saturated rings. The van der Waals surface area contributed by atoms with E-state index in [2.05, 4.69) is 10.1 Å². The third kappa shape index (κ3) is 2.81. The summed E-state index contributed by atoms with van der Waals surface area (Å²) < 4.78 is 12.8. The van der Waals surface area contributed by atoms with Crippen LogP contribution in [-0.2, 0) is 0 Å². The Morgan fingerprint density at radius 2 is 2.32 bits per heavy atom. The maximum Gasteiger partial charge on any atom is 0.273 e. The van der Waals surface area contributed by atoms with Gasteiger partial charge in [-0.1, -0.05) is 5.16 Å². The second-order valence-electron chi connectivity index (χ2n) is 4.40. The summed E-state index contributed by atoms with van der Waals surface area (Å²) in [6.45, 7) is 0.513. The Bertz CT molecular complexity index is 489. The SMILES string of the molecule is N/C(=N/O)C1CCCCN1C(=O)c1ccc(F)cn1. The van der Waals surface area contributed by atoms with Crippen LogP contribution in [0.3, 0.4) is 0 Å². The molecule has 1 saturated heterocycles. The Hall–Kier alpha value is -2.18. The number of carbonyl (C=O) groups is 1. The Kier molecular flexibility index (Phi) is 3.94. The molecule has 0 radical (unpaired) electrons. The molecule has 7 heteroatoms. The van der Waals surface area contributed by atoms with Gasteiger partial charge in [0.25, 0.3) is 5.91 Å². The largest absolute Gasteiger partial charge is 0.409 e. The van der Waals surface area contributed by atoms with Gasteiger partial charge < -0.3 is 15.8 Å². The summed E-state index contributed by atoms with van der Waals surface area (Å²) in [5.74, 6) is -0.824. The quantitative estimate of drug-likeness (QED) is 0.361. The molecule has 1 atom stereocenters. The van der Waals surface area contributed by atoms with Crippen LogP contribution in [0.25, 0.3) is 0 Å². The molecule has 1 aromatic rings. The number of pyridine rings is 1. The van der Waals surface area contributed by atoms with Crippen molar-refractivity contribution < 1.29 is 14.4 Å². The first-order valence-corrected chi connectivity index (χ1v) is 6.03. The average Bonchev–Trinajstić information content (AvgIpc) is 2.46. The van der Waals surface area contributed by atoms with E-state index >= 15 is 0 Å². The van der Waals surface area contributed by atoms with Gasteiger partial charge in [0.2, 0.25) is 0 Å². The molecule has 2 rings (SSSR count). The van der Waals surface area contributed by atoms with E-state index in [0.29, 0.717) is 13.0 Å². The van der Waals surface area contributed by atoms with Gasteiger partial charge in [-0.3, -0.25) is 4.79 Å². The van der Waals surface area contributed by atoms with Crippen molar-refractivity contribution in [3.05, 3.63) is 29.8 Å². The molecule has 1 aliphatic rings. The molecule has 2 heterocycles. The first-order valence-electron chi connectivity index (χ1n) is 6.03. The van der Waals surface area contributed by atoms with E-state index in [1.165, 1.54) is 17.0 Å². The highest BCUT2D eigenvalue weighted by atomic mass is 19.1. The third-order valence-corrected chi connectivity index (χ3v) is 3.17. The van der Waals surface area contributed by atoms with Crippen molar-refractivity contribution in [2.45, 2.75) is 25.3 Å². The fourth-order valence-corrected chi connectivity index (χ4v) is 2.20. The van der Waals surface area contributed by atoms with Crippen LogP contribution in [0.2, 0.25) is 0 Å². The normalized spacial score (nSPS) is 20.4. The maximum atomic E-state index is 12.8. The number of amidine groups is 1. The Morgan fingerprint density at radius 1 is 1.53 bits per heavy atom. The number of hydrogen-bond acceptors (Lipinski definition) is 4. The number of aromatic nitrogens is 1. The minimum Gasteiger partial charge on any atom is -0.409 e. The third-order valence-electron chi connectivity index (χ3n) is 3.17. The van der Waals surface area contributed by atoms with Crippen LogP contribution in [0.15, 0.2) is 23.5 Å². The van der Waals surface area contributed by atoms with Gasteiger partial charge in [-0.25, -0.2) is 9.37 Å². The summed E-state index contributed by atoms with van der Waals surface area (Å²) in [6.07, 6.45) is 3.39. The van der Waals surface area contributed by atoms with Crippen molar-refractivity contribution in [2.24, 2.45) is 10.9 Å². The van der Waals surface area contributed by atoms with Crippen molar-refractivity contribution in [2.75, 3.05) is 6.54 Å². The number of amides is 1. The molecule has 0 saturated carbocycles. The lowest BCUT2D eigenvalue weighted by atomic mass is 10.0. The van der Waals surface area contributed by atoms with Gasteiger partial charge in [-0.05, 0) is 31.4 Å². The van der Waals surface area contributed by atoms with Crippen molar-refractivity contribution >= 4 is 11.7 Å². The second kappa shape index (κ2) is 5.64. The highest BCUT2D eigenvalue weighted by Gasteiger charge is 2.30. The fraction of sp³-hybridized carbons (Fsp3) is 0.417. The molecule has 0 aliphatic carbocycles. The zero-order chi connectivity index (χ0) is 13.8. The summed E-state index contributed by atoms with van der Waals surface area (Å²) in [7, 11) is 0. The van der Waals surface area contributed by atoms with Crippen LogP contribution in [0.1, 0.15) is 29.8 Å². The molecule has 0 bridgehead atoms. The van der Waals surface area contributed by atoms with Gasteiger partial charge in [0, 0.05) is 6.54 Å². The van der Waals surface area contributed by atoms with Gasteiger partial charge in [0.05, 0.1) is 12.2 Å². The van der Waals surface area contributed by atoms with Gasteiger partial charge in [-0.15, -0.1) is 0 Å². The summed E-state index contributed by atoms with van der Waals surface area (Å²) in [6, 6.07) is 2.08. The lowest BCUT2D eigenvalue weighted by Crippen LogP contribution is -2.50. The Morgan fingerprint density at radius 3 is 2.95 bits per heavy atom. The van der Waals surface area contributed by atoms with Crippen molar-refractivity contribution in [1.82, 2.24) is 9.88 Å². The Labute approximate surface area is 109 Å². The topological polar surface area (TPSA) is 91.8 Å². The summed E-state index contributed by atoms with van der Waals surface area (Å²) in [4.78, 5) is 17.6. The van der Waals surface area contributed by atoms with Crippen LogP contribution < -0.4 is 5.73 Å². The van der Waals surface area contributed by atoms with Gasteiger partial charge >= 0.3 is 0 Å². The first-order chi connectivity index (χ1) is 9.13. The van der Waals surface area contributed by atoms with Crippen molar-refractivity contribution in [1.29, 1.82) is 0 Å². The van der Waals surface area contributed by atoms with E-state index in [1.54, 1.807) is 0 Å². The zero-order valence-corrected chi connectivity index (χ0v) is 10.3. The van der Waals surface area contributed by atoms with Crippen LogP contribution in [0.4, 0.5) is 4.39 Å². The highest BCUT2D eigenvalue weighted by molar-refractivity contribution is 5.97. The van der Waals surface area contributed by atoms with Gasteiger partial charge in [0.15, 0.2) is 5.84 Å². The fourth-order valence-electron chi connectivity index (χ4n) is 2.20. The number of nitrogens with two attached hydrogens (primary N) is 1. The van der Waals surface area contributed by atoms with E-state index in [4.69, 9.17) is 10.9 Å². The molecule has 1 aromatic heterocycles. The number of likely N-dealkylation sites (tertiary alicyclic amines) is 1. The molecule has 1 unspecified atom stereocenters. The maximum absolute atomic E-state index is 12.8. The molecule has 0 spiro atoms. The number of nitrogens with zero attached hydrogens (tertiary/aromatic N) is 3. The van der Waals surface area contributed by atoms with Crippen molar-refractivity contribution in [3.8, 4) is 0 Å². The molecule has 19 heavy (non-hydrogen) atoms. The molecule has 1 aliphatic heterocycles.